The van der Waals surface area contributed by atoms with Crippen LogP contribution in [0.25, 0.3) is 82.4 Å². The maximum Gasteiger partial charge on any atom is 0.416 e. The number of aliphatic hydroxyl groups is 1. The van der Waals surface area contributed by atoms with Gasteiger partial charge < -0.3 is 10.4 Å². The number of halogens is 9. The Balaban J connectivity index is 0.000000170. The molecular formula is C83H69F9N16O16S3. The molecule has 1 aliphatic rings. The first kappa shape index (κ1) is 93.4. The molecule has 0 bridgehead atoms. The Kier molecular flexibility index (Phi) is 27.1. The van der Waals surface area contributed by atoms with Crippen LogP contribution in [0.5, 0.6) is 0 Å². The van der Waals surface area contributed by atoms with E-state index in [4.69, 9.17) is 19.7 Å². The highest BCUT2D eigenvalue weighted by molar-refractivity contribution is 7.86. The predicted molar refractivity (Wildman–Crippen MR) is 443 cm³/mol. The van der Waals surface area contributed by atoms with Crippen LogP contribution in [0.15, 0.2) is 238 Å². The molecule has 0 radical (unpaired) electrons. The van der Waals surface area contributed by atoms with Gasteiger partial charge in [-0.3, -0.25) is 55.4 Å². The summed E-state index contributed by atoms with van der Waals surface area (Å²) in [7, 11) is -11.6. The van der Waals surface area contributed by atoms with E-state index in [0.717, 1.165) is 110 Å². The summed E-state index contributed by atoms with van der Waals surface area (Å²) >= 11 is 0. The van der Waals surface area contributed by atoms with Crippen LogP contribution in [0.1, 0.15) is 65.0 Å². The normalized spacial score (nSPS) is 13.6. The van der Waals surface area contributed by atoms with Gasteiger partial charge in [-0.15, -0.1) is 0 Å². The molecule has 6 aromatic heterocycles. The largest absolute Gasteiger partial charge is 0.416 e. The number of hydrogen-bond donors (Lipinski definition) is 5. The lowest BCUT2D eigenvalue weighted by molar-refractivity contribution is -0.138. The van der Waals surface area contributed by atoms with Crippen molar-refractivity contribution in [2.45, 2.75) is 92.3 Å². The van der Waals surface area contributed by atoms with Crippen molar-refractivity contribution in [3.8, 4) is 67.9 Å². The third-order valence-electron chi connectivity index (χ3n) is 20.4. The van der Waals surface area contributed by atoms with E-state index in [1.165, 1.54) is 143 Å². The fourth-order valence-electron chi connectivity index (χ4n) is 14.0. The van der Waals surface area contributed by atoms with Crippen LogP contribution in [0.3, 0.4) is 0 Å². The highest BCUT2D eigenvalue weighted by Gasteiger charge is 2.38. The molecule has 14 rings (SSSR count). The quantitative estimate of drug-likeness (QED) is 0.0341. The van der Waals surface area contributed by atoms with Crippen LogP contribution >= 0.6 is 0 Å². The summed E-state index contributed by atoms with van der Waals surface area (Å²) < 4.78 is 230. The van der Waals surface area contributed by atoms with Crippen molar-refractivity contribution in [1.82, 2.24) is 62.1 Å². The molecular weight excluding hydrogens is 1740 g/mol. The average Bonchev–Trinajstić information content (AvgIpc) is 1.69. The van der Waals surface area contributed by atoms with Crippen molar-refractivity contribution < 1.29 is 83.5 Å². The summed E-state index contributed by atoms with van der Waals surface area (Å²) in [5, 5.41) is 24.8. The van der Waals surface area contributed by atoms with Gasteiger partial charge in [0.25, 0.3) is 47.0 Å². The summed E-state index contributed by atoms with van der Waals surface area (Å²) in [6.07, 6.45) is -6.81. The van der Waals surface area contributed by atoms with Crippen molar-refractivity contribution in [2.24, 2.45) is 27.1 Å². The van der Waals surface area contributed by atoms with Crippen LogP contribution in [0, 0.1) is 46.4 Å². The van der Waals surface area contributed by atoms with Gasteiger partial charge in [0.1, 0.15) is 31.8 Å². The van der Waals surface area contributed by atoms with E-state index in [1.54, 1.807) is 0 Å². The third kappa shape index (κ3) is 19.8. The van der Waals surface area contributed by atoms with Gasteiger partial charge in [0.2, 0.25) is 0 Å². The molecule has 32 nitrogen and oxygen atoms in total. The van der Waals surface area contributed by atoms with Gasteiger partial charge >= 0.3 is 35.6 Å². The minimum absolute atomic E-state index is 0.197. The first-order valence-electron chi connectivity index (χ1n) is 37.2. The zero-order valence-corrected chi connectivity index (χ0v) is 69.3. The van der Waals surface area contributed by atoms with Crippen molar-refractivity contribution in [2.75, 3.05) is 6.61 Å². The molecule has 1 aliphatic carbocycles. The zero-order valence-electron chi connectivity index (χ0n) is 66.9. The van der Waals surface area contributed by atoms with Gasteiger partial charge in [-0.25, -0.2) is 43.0 Å². The van der Waals surface area contributed by atoms with E-state index in [9.17, 15) is 112 Å². The van der Waals surface area contributed by atoms with E-state index in [-0.39, 0.29) is 68.3 Å². The molecule has 2 atom stereocenters. The van der Waals surface area contributed by atoms with Crippen molar-refractivity contribution in [3.63, 3.8) is 0 Å². The molecule has 5 N–H and O–H groups in total. The number of nitrogens with zero attached hydrogens (tertiary/aromatic N) is 15. The first-order valence-corrected chi connectivity index (χ1v) is 41.5. The monoisotopic (exact) mass is 1810 g/mol. The predicted octanol–water partition coefficient (Wildman–Crippen LogP) is 12.9. The molecule has 0 aliphatic heterocycles. The van der Waals surface area contributed by atoms with Crippen LogP contribution < -0.4 is 39.1 Å². The van der Waals surface area contributed by atoms with E-state index in [1.807, 2.05) is 6.07 Å². The van der Waals surface area contributed by atoms with Crippen LogP contribution in [-0.4, -0.2) is 113 Å². The second-order valence-electron chi connectivity index (χ2n) is 28.3. The summed E-state index contributed by atoms with van der Waals surface area (Å²) in [6, 6.07) is 39.4. The molecule has 0 saturated heterocycles. The molecule has 7 aromatic carbocycles. The standard InChI is InChI=1S/3C23H16F3N5O5S.C14H21NO/c3*1-13-19(20-18(37(34,35)36)12-28-31(20)16-9-7-15(27-2)8-10-16)21(32)29(3)22(33)30(13)17-6-4-5-14(11-17)23(24,25)26;16-11-13-8-4-5-9-14(13)15-10-12-6-2-1-3-7-12/h3*4-12H,1,3H3,(H,34,35,36);1-3,6-7,13-16H,4-5,8-11H2/t;;;13-,14-/m...1/s1. The average molecular weight is 1810 g/mol. The maximum atomic E-state index is 13.3. The van der Waals surface area contributed by atoms with Gasteiger partial charge in [0.05, 0.1) is 106 Å². The van der Waals surface area contributed by atoms with Crippen molar-refractivity contribution in [3.05, 3.63) is 331 Å². The summed E-state index contributed by atoms with van der Waals surface area (Å²) in [5.41, 5.74) is -10.0. The summed E-state index contributed by atoms with van der Waals surface area (Å²) in [6.45, 7) is 26.3. The molecule has 1 fully saturated rings. The smallest absolute Gasteiger partial charge is 0.396 e. The van der Waals surface area contributed by atoms with Gasteiger partial charge in [0.15, 0.2) is 17.1 Å². The third-order valence-corrected chi connectivity index (χ3v) is 22.9. The molecule has 0 spiro atoms. The van der Waals surface area contributed by atoms with Gasteiger partial charge in [0, 0.05) is 57.4 Å². The molecule has 1 saturated carbocycles. The Labute approximate surface area is 713 Å². The molecule has 0 amide bonds. The number of benzene rings is 7. The van der Waals surface area contributed by atoms with E-state index in [2.05, 4.69) is 59.4 Å². The van der Waals surface area contributed by atoms with Gasteiger partial charge in [-0.2, -0.15) is 80.1 Å². The molecule has 44 heteroatoms. The van der Waals surface area contributed by atoms with E-state index >= 15 is 0 Å². The van der Waals surface area contributed by atoms with Crippen molar-refractivity contribution in [1.29, 1.82) is 0 Å². The topological polar surface area (TPSA) is 394 Å². The Morgan fingerprint density at radius 2 is 0.693 bits per heavy atom. The Bertz CT molecular complexity index is 6710. The van der Waals surface area contributed by atoms with Crippen LogP contribution in [-0.2, 0) is 76.6 Å². The minimum Gasteiger partial charge on any atom is -0.396 e. The number of aromatic nitrogens is 12. The Morgan fingerprint density at radius 1 is 0.409 bits per heavy atom. The van der Waals surface area contributed by atoms with Crippen LogP contribution in [0.4, 0.5) is 56.6 Å². The SMILES string of the molecule is OC[C@H]1CCCC[C@H]1NCc1ccccc1.[C-]#[N+]c1ccc(-n2ncc(S(=O)(=O)O)c2-c2c(C)n(-c3cccc(C(F)(F)F)c3)c(=O)n(C)c2=O)cc1.[C-]#[N+]c1ccc(-n2ncc(S(=O)(=O)O)c2-c2c(C)n(-c3cccc(C(F)(F)F)c3)c(=O)n(C)c2=O)cc1.[C-]#[N+]c1ccc(-n2ncc(S(=O)(=O)O)c2-c2c(C)n(-c3cccc(C(F)(F)F)c3)c(=O)n(C)c2=O)cc1. The second-order valence-corrected chi connectivity index (χ2v) is 32.5. The molecule has 127 heavy (non-hydrogen) atoms. The Hall–Kier alpha value is -14.3. The number of alkyl halides is 9. The highest BCUT2D eigenvalue weighted by atomic mass is 32.2. The second kappa shape index (κ2) is 36.9. The van der Waals surface area contributed by atoms with Gasteiger partial charge in [-0.05, 0) is 136 Å². The van der Waals surface area contributed by atoms with E-state index < -0.39 is 148 Å². The summed E-state index contributed by atoms with van der Waals surface area (Å²) in [5.74, 6) is 0.456. The summed E-state index contributed by atoms with van der Waals surface area (Å²) in [4.78, 5) is 86.4. The number of nitrogens with one attached hydrogen (secondary N) is 1. The molecule has 6 heterocycles. The van der Waals surface area contributed by atoms with Gasteiger partial charge in [-0.1, -0.05) is 97.8 Å². The minimum atomic E-state index is -4.96. The van der Waals surface area contributed by atoms with Crippen molar-refractivity contribution >= 4 is 47.4 Å². The molecule has 658 valence electrons. The number of hydrogen-bond acceptors (Lipinski definition) is 17. The fourth-order valence-corrected chi connectivity index (χ4v) is 15.9. The Morgan fingerprint density at radius 3 is 0.953 bits per heavy atom. The number of aliphatic hydroxyl groups excluding tert-OH is 1. The first-order chi connectivity index (χ1) is 59.7. The fraction of sp³-hybridized carbons (Fsp3) is 0.205. The highest BCUT2D eigenvalue weighted by Crippen LogP contribution is 2.39. The lowest BCUT2D eigenvalue weighted by Crippen LogP contribution is -2.40. The molecule has 13 aromatic rings. The number of rotatable bonds is 16. The van der Waals surface area contributed by atoms with Crippen LogP contribution in [0.2, 0.25) is 0 Å². The molecule has 0 unspecified atom stereocenters. The van der Waals surface area contributed by atoms with E-state index in [0.29, 0.717) is 50.5 Å². The maximum absolute atomic E-state index is 13.3. The lowest BCUT2D eigenvalue weighted by atomic mass is 9.85. The lowest BCUT2D eigenvalue weighted by Gasteiger charge is -2.31. The zero-order chi connectivity index (χ0) is 93.1.